The molecule has 3 aliphatic rings. The lowest BCUT2D eigenvalue weighted by Crippen LogP contribution is -2.30. The van der Waals surface area contributed by atoms with Crippen LogP contribution in [-0.2, 0) is 9.59 Å². The van der Waals surface area contributed by atoms with Gasteiger partial charge in [-0.3, -0.25) is 4.79 Å². The number of hydrogen-bond acceptors (Lipinski definition) is 2. The van der Waals surface area contributed by atoms with Crippen LogP contribution < -0.4 is 0 Å². The molecule has 2 saturated carbocycles. The number of nitrogens with zero attached hydrogens (tertiary/aromatic N) is 1. The summed E-state index contributed by atoms with van der Waals surface area (Å²) in [6.45, 7) is 1.69. The van der Waals surface area contributed by atoms with E-state index in [1.54, 1.807) is 0 Å². The van der Waals surface area contributed by atoms with Crippen molar-refractivity contribution in [2.45, 2.75) is 64.2 Å². The van der Waals surface area contributed by atoms with Gasteiger partial charge in [0.05, 0.1) is 6.42 Å². The Hall–Kier alpha value is -1.32. The predicted molar refractivity (Wildman–Crippen MR) is 88.9 cm³/mol. The maximum Gasteiger partial charge on any atom is 0.331 e. The van der Waals surface area contributed by atoms with Crippen LogP contribution in [0.4, 0.5) is 0 Å². The summed E-state index contributed by atoms with van der Waals surface area (Å²) in [5.74, 6) is 0.764. The summed E-state index contributed by atoms with van der Waals surface area (Å²) in [6, 6.07) is 0. The number of carboxylic acid groups (broad SMARTS) is 1. The van der Waals surface area contributed by atoms with Gasteiger partial charge in [0.25, 0.3) is 0 Å². The second kappa shape index (κ2) is 7.50. The van der Waals surface area contributed by atoms with E-state index in [1.165, 1.54) is 44.9 Å². The molecule has 0 radical (unpaired) electrons. The molecule has 2 atom stereocenters. The van der Waals surface area contributed by atoms with E-state index in [-0.39, 0.29) is 12.3 Å². The van der Waals surface area contributed by atoms with Gasteiger partial charge in [0.15, 0.2) is 0 Å². The Balaban J connectivity index is 1.60. The molecule has 1 aliphatic heterocycles. The van der Waals surface area contributed by atoms with Crippen molar-refractivity contribution in [2.24, 2.45) is 17.8 Å². The second-order valence-electron chi connectivity index (χ2n) is 7.68. The van der Waals surface area contributed by atoms with Crippen molar-refractivity contribution < 1.29 is 14.7 Å². The molecular formula is C19H29NO3. The summed E-state index contributed by atoms with van der Waals surface area (Å²) < 4.78 is 0. The molecule has 0 unspecified atom stereocenters. The molecular weight excluding hydrogens is 290 g/mol. The first kappa shape index (κ1) is 16.5. The molecule has 1 saturated heterocycles. The third-order valence-corrected chi connectivity index (χ3v) is 6.03. The highest BCUT2D eigenvalue weighted by atomic mass is 16.4. The van der Waals surface area contributed by atoms with Gasteiger partial charge in [0, 0.05) is 18.7 Å². The first-order valence-corrected chi connectivity index (χ1v) is 9.35. The molecule has 0 bridgehead atoms. The van der Waals surface area contributed by atoms with Gasteiger partial charge in [-0.1, -0.05) is 38.2 Å². The molecule has 3 fully saturated rings. The number of rotatable bonds is 4. The molecule has 0 aromatic carbocycles. The first-order chi connectivity index (χ1) is 11.1. The van der Waals surface area contributed by atoms with Gasteiger partial charge in [0.2, 0.25) is 5.91 Å². The van der Waals surface area contributed by atoms with Gasteiger partial charge in [-0.2, -0.15) is 0 Å². The smallest absolute Gasteiger partial charge is 0.331 e. The normalized spacial score (nSPS) is 29.4. The van der Waals surface area contributed by atoms with Gasteiger partial charge in [-0.25, -0.2) is 4.79 Å². The first-order valence-electron chi connectivity index (χ1n) is 9.35. The van der Waals surface area contributed by atoms with Crippen molar-refractivity contribution in [3.05, 3.63) is 11.6 Å². The lowest BCUT2D eigenvalue weighted by molar-refractivity contribution is -0.136. The Labute approximate surface area is 138 Å². The summed E-state index contributed by atoms with van der Waals surface area (Å²) in [5, 5.41) is 9.46. The molecule has 23 heavy (non-hydrogen) atoms. The number of fused-ring (bicyclic) bond motifs is 1. The lowest BCUT2D eigenvalue weighted by Gasteiger charge is -2.22. The monoisotopic (exact) mass is 319 g/mol. The van der Waals surface area contributed by atoms with E-state index < -0.39 is 5.97 Å². The van der Waals surface area contributed by atoms with Crippen molar-refractivity contribution in [1.29, 1.82) is 0 Å². The van der Waals surface area contributed by atoms with Gasteiger partial charge in [-0.05, 0) is 43.4 Å². The number of carbonyl (C=O) groups is 2. The third kappa shape index (κ3) is 4.15. The predicted octanol–water partition coefficient (Wildman–Crippen LogP) is 3.62. The molecule has 4 heteroatoms. The molecule has 4 nitrogen and oxygen atoms in total. The zero-order chi connectivity index (χ0) is 16.2. The Morgan fingerprint density at radius 3 is 2.04 bits per heavy atom. The van der Waals surface area contributed by atoms with Gasteiger partial charge < -0.3 is 10.0 Å². The molecule has 128 valence electrons. The van der Waals surface area contributed by atoms with Crippen LogP contribution in [0.25, 0.3) is 0 Å². The SMILES string of the molecule is O=C(O)C(=CC1CCCCC1)CC(=O)N1C[C@H]2CCCC[C@H]2C1. The van der Waals surface area contributed by atoms with Crippen LogP contribution in [0.1, 0.15) is 64.2 Å². The van der Waals surface area contributed by atoms with Crippen LogP contribution in [-0.4, -0.2) is 35.0 Å². The molecule has 2 aliphatic carbocycles. The quantitative estimate of drug-likeness (QED) is 0.805. The van der Waals surface area contributed by atoms with E-state index in [9.17, 15) is 14.7 Å². The molecule has 1 amide bonds. The largest absolute Gasteiger partial charge is 0.478 e. The molecule has 0 aromatic heterocycles. The van der Waals surface area contributed by atoms with Crippen molar-refractivity contribution in [3.63, 3.8) is 0 Å². The highest BCUT2D eigenvalue weighted by Crippen LogP contribution is 2.36. The van der Waals surface area contributed by atoms with Crippen LogP contribution in [0.3, 0.4) is 0 Å². The lowest BCUT2D eigenvalue weighted by atomic mass is 9.82. The maximum absolute atomic E-state index is 12.6. The van der Waals surface area contributed by atoms with Gasteiger partial charge in [0.1, 0.15) is 0 Å². The Morgan fingerprint density at radius 1 is 0.913 bits per heavy atom. The van der Waals surface area contributed by atoms with Crippen molar-refractivity contribution in [3.8, 4) is 0 Å². The fourth-order valence-corrected chi connectivity index (χ4v) is 4.68. The Bertz CT molecular complexity index is 465. The summed E-state index contributed by atoms with van der Waals surface area (Å²) in [5.41, 5.74) is 0.316. The third-order valence-electron chi connectivity index (χ3n) is 6.03. The van der Waals surface area contributed by atoms with E-state index in [0.717, 1.165) is 25.9 Å². The van der Waals surface area contributed by atoms with Crippen LogP contribution >= 0.6 is 0 Å². The highest BCUT2D eigenvalue weighted by molar-refractivity contribution is 5.94. The second-order valence-corrected chi connectivity index (χ2v) is 7.68. The molecule has 3 rings (SSSR count). The number of amides is 1. The van der Waals surface area contributed by atoms with Crippen molar-refractivity contribution in [2.75, 3.05) is 13.1 Å². The zero-order valence-electron chi connectivity index (χ0n) is 14.0. The number of aliphatic carboxylic acids is 1. The molecule has 0 spiro atoms. The zero-order valence-corrected chi connectivity index (χ0v) is 14.0. The number of carboxylic acids is 1. The summed E-state index contributed by atoms with van der Waals surface area (Å²) in [7, 11) is 0. The average Bonchev–Trinajstić information content (AvgIpc) is 2.99. The summed E-state index contributed by atoms with van der Waals surface area (Å²) in [6.07, 6.45) is 12.7. The van der Waals surface area contributed by atoms with Crippen LogP contribution in [0, 0.1) is 17.8 Å². The average molecular weight is 319 g/mol. The Kier molecular flexibility index (Phi) is 5.39. The van der Waals surface area contributed by atoms with Crippen molar-refractivity contribution >= 4 is 11.9 Å². The van der Waals surface area contributed by atoms with Crippen LogP contribution in [0.5, 0.6) is 0 Å². The molecule has 0 aromatic rings. The Morgan fingerprint density at radius 2 is 1.48 bits per heavy atom. The van der Waals surface area contributed by atoms with E-state index in [2.05, 4.69) is 0 Å². The minimum absolute atomic E-state index is 0.0175. The van der Waals surface area contributed by atoms with E-state index in [4.69, 9.17) is 0 Å². The minimum atomic E-state index is -0.916. The number of hydrogen-bond donors (Lipinski definition) is 1. The maximum atomic E-state index is 12.6. The summed E-state index contributed by atoms with van der Waals surface area (Å²) >= 11 is 0. The van der Waals surface area contributed by atoms with Gasteiger partial charge in [-0.15, -0.1) is 0 Å². The molecule has 1 heterocycles. The van der Waals surface area contributed by atoms with E-state index in [0.29, 0.717) is 23.3 Å². The number of carbonyl (C=O) groups excluding carboxylic acids is 1. The standard InChI is InChI=1S/C19H29NO3/c21-18(20-12-15-8-4-5-9-16(15)13-20)11-17(19(22)23)10-14-6-2-1-3-7-14/h10,14-16H,1-9,11-13H2,(H,22,23)/t15-,16+. The summed E-state index contributed by atoms with van der Waals surface area (Å²) in [4.78, 5) is 26.0. The minimum Gasteiger partial charge on any atom is -0.478 e. The van der Waals surface area contributed by atoms with Crippen molar-refractivity contribution in [1.82, 2.24) is 4.90 Å². The van der Waals surface area contributed by atoms with E-state index in [1.807, 2.05) is 11.0 Å². The fraction of sp³-hybridized carbons (Fsp3) is 0.789. The highest BCUT2D eigenvalue weighted by Gasteiger charge is 2.36. The fourth-order valence-electron chi connectivity index (χ4n) is 4.68. The van der Waals surface area contributed by atoms with Gasteiger partial charge >= 0.3 is 5.97 Å². The molecule has 1 N–H and O–H groups in total. The van der Waals surface area contributed by atoms with E-state index >= 15 is 0 Å². The number of likely N-dealkylation sites (tertiary alicyclic amines) is 1. The van der Waals surface area contributed by atoms with Crippen LogP contribution in [0.15, 0.2) is 11.6 Å². The topological polar surface area (TPSA) is 57.6 Å². The number of allylic oxidation sites excluding steroid dienone is 1. The van der Waals surface area contributed by atoms with Crippen LogP contribution in [0.2, 0.25) is 0 Å².